The number of rotatable bonds is 10. The molecule has 0 saturated heterocycles. The number of methoxy groups -OCH3 is 1. The number of anilines is 1. The third-order valence-electron chi connectivity index (χ3n) is 4.43. The lowest BCUT2D eigenvalue weighted by atomic mass is 10.1. The van der Waals surface area contributed by atoms with Gasteiger partial charge in [-0.05, 0) is 62.2 Å². The second-order valence-electron chi connectivity index (χ2n) is 6.37. The molecule has 6 nitrogen and oxygen atoms in total. The lowest BCUT2D eigenvalue weighted by molar-refractivity contribution is -0.118. The maximum absolute atomic E-state index is 12.3. The van der Waals surface area contributed by atoms with Crippen LogP contribution < -0.4 is 14.8 Å². The number of benzene rings is 2. The fourth-order valence-corrected chi connectivity index (χ4v) is 2.85. The SMILES string of the molecule is C=CCc1ccc(OCC(=O)Nc2ccc(C(=O)N(CC)CC)cc2)c(OC)c1. The molecule has 1 N–H and O–H groups in total. The number of nitrogens with one attached hydrogen (secondary N) is 1. The molecule has 0 unspecified atom stereocenters. The van der Waals surface area contributed by atoms with E-state index in [0.29, 0.717) is 35.8 Å². The first-order valence-corrected chi connectivity index (χ1v) is 9.62. The van der Waals surface area contributed by atoms with Crippen LogP contribution in [0.15, 0.2) is 55.1 Å². The number of ether oxygens (including phenoxy) is 2. The Hall–Kier alpha value is -3.28. The highest BCUT2D eigenvalue weighted by Gasteiger charge is 2.13. The molecule has 0 aliphatic heterocycles. The highest BCUT2D eigenvalue weighted by atomic mass is 16.5. The smallest absolute Gasteiger partial charge is 0.262 e. The molecule has 0 saturated carbocycles. The standard InChI is InChI=1S/C23H28N2O4/c1-5-8-17-9-14-20(21(15-17)28-4)29-16-22(26)24-19-12-10-18(11-13-19)23(27)25(6-2)7-3/h5,9-15H,1,6-8,16H2,2-4H3,(H,24,26). The first kappa shape index (κ1) is 22.0. The summed E-state index contributed by atoms with van der Waals surface area (Å²) in [5.41, 5.74) is 2.24. The molecule has 0 aromatic heterocycles. The van der Waals surface area contributed by atoms with Gasteiger partial charge < -0.3 is 19.7 Å². The van der Waals surface area contributed by atoms with Gasteiger partial charge in [0.1, 0.15) is 0 Å². The Morgan fingerprint density at radius 2 is 1.76 bits per heavy atom. The van der Waals surface area contributed by atoms with Gasteiger partial charge in [-0.2, -0.15) is 0 Å². The van der Waals surface area contributed by atoms with E-state index in [2.05, 4.69) is 11.9 Å². The summed E-state index contributed by atoms with van der Waals surface area (Å²) in [7, 11) is 1.56. The first-order valence-electron chi connectivity index (χ1n) is 9.62. The van der Waals surface area contributed by atoms with E-state index in [4.69, 9.17) is 9.47 Å². The lowest BCUT2D eigenvalue weighted by Gasteiger charge is -2.18. The zero-order valence-corrected chi connectivity index (χ0v) is 17.2. The number of carbonyl (C=O) groups excluding carboxylic acids is 2. The van der Waals surface area contributed by atoms with Gasteiger partial charge in [0.15, 0.2) is 18.1 Å². The van der Waals surface area contributed by atoms with Crippen molar-refractivity contribution in [2.45, 2.75) is 20.3 Å². The summed E-state index contributed by atoms with van der Waals surface area (Å²) in [4.78, 5) is 26.3. The predicted molar refractivity (Wildman–Crippen MR) is 115 cm³/mol. The molecule has 0 atom stereocenters. The molecule has 2 aromatic carbocycles. The molecule has 0 aliphatic rings. The minimum Gasteiger partial charge on any atom is -0.493 e. The Labute approximate surface area is 172 Å². The van der Waals surface area contributed by atoms with E-state index >= 15 is 0 Å². The van der Waals surface area contributed by atoms with Gasteiger partial charge in [0.2, 0.25) is 0 Å². The Kier molecular flexibility index (Phi) is 8.27. The molecule has 2 rings (SSSR count). The van der Waals surface area contributed by atoms with Crippen molar-refractivity contribution < 1.29 is 19.1 Å². The summed E-state index contributed by atoms with van der Waals surface area (Å²) in [5, 5.41) is 2.76. The maximum Gasteiger partial charge on any atom is 0.262 e. The van der Waals surface area contributed by atoms with E-state index in [1.165, 1.54) is 0 Å². The Balaban J connectivity index is 1.94. The summed E-state index contributed by atoms with van der Waals surface area (Å²) in [6, 6.07) is 12.4. The Bertz CT molecular complexity index is 842. The summed E-state index contributed by atoms with van der Waals surface area (Å²) >= 11 is 0. The van der Waals surface area contributed by atoms with E-state index in [1.807, 2.05) is 32.1 Å². The highest BCUT2D eigenvalue weighted by molar-refractivity contribution is 5.96. The second kappa shape index (κ2) is 10.9. The molecule has 0 heterocycles. The number of hydrogen-bond donors (Lipinski definition) is 1. The van der Waals surface area contributed by atoms with Crippen molar-refractivity contribution in [3.63, 3.8) is 0 Å². The topological polar surface area (TPSA) is 67.9 Å². The maximum atomic E-state index is 12.3. The van der Waals surface area contributed by atoms with Crippen molar-refractivity contribution in [1.29, 1.82) is 0 Å². The van der Waals surface area contributed by atoms with Crippen LogP contribution in [0.4, 0.5) is 5.69 Å². The number of amides is 2. The quantitative estimate of drug-likeness (QED) is 0.618. The molecule has 29 heavy (non-hydrogen) atoms. The van der Waals surface area contributed by atoms with Gasteiger partial charge in [-0.1, -0.05) is 12.1 Å². The van der Waals surface area contributed by atoms with Crippen molar-refractivity contribution in [2.75, 3.05) is 32.1 Å². The van der Waals surface area contributed by atoms with E-state index in [9.17, 15) is 9.59 Å². The molecule has 0 aliphatic carbocycles. The first-order chi connectivity index (χ1) is 14.0. The number of allylic oxidation sites excluding steroid dienone is 1. The normalized spacial score (nSPS) is 10.2. The van der Waals surface area contributed by atoms with Crippen LogP contribution in [0, 0.1) is 0 Å². The molecule has 0 bridgehead atoms. The largest absolute Gasteiger partial charge is 0.493 e. The fourth-order valence-electron chi connectivity index (χ4n) is 2.85. The Morgan fingerprint density at radius 1 is 1.07 bits per heavy atom. The summed E-state index contributed by atoms with van der Waals surface area (Å²) in [5.74, 6) is 0.736. The van der Waals surface area contributed by atoms with Gasteiger partial charge in [0.05, 0.1) is 7.11 Å². The average molecular weight is 396 g/mol. The van der Waals surface area contributed by atoms with Crippen molar-refractivity contribution >= 4 is 17.5 Å². The van der Waals surface area contributed by atoms with Crippen LogP contribution in [0.25, 0.3) is 0 Å². The zero-order chi connectivity index (χ0) is 21.2. The minimum absolute atomic E-state index is 0.0248. The molecule has 0 fully saturated rings. The van der Waals surface area contributed by atoms with E-state index in [-0.39, 0.29) is 18.4 Å². The van der Waals surface area contributed by atoms with Gasteiger partial charge in [-0.15, -0.1) is 6.58 Å². The van der Waals surface area contributed by atoms with Crippen molar-refractivity contribution in [2.24, 2.45) is 0 Å². The van der Waals surface area contributed by atoms with Gasteiger partial charge >= 0.3 is 0 Å². The van der Waals surface area contributed by atoms with Crippen LogP contribution in [-0.2, 0) is 11.2 Å². The van der Waals surface area contributed by atoms with Crippen molar-refractivity contribution in [3.8, 4) is 11.5 Å². The van der Waals surface area contributed by atoms with E-state index in [1.54, 1.807) is 42.3 Å². The number of carbonyl (C=O) groups is 2. The molecular weight excluding hydrogens is 368 g/mol. The third kappa shape index (κ3) is 6.10. The molecule has 6 heteroatoms. The van der Waals surface area contributed by atoms with Crippen LogP contribution >= 0.6 is 0 Å². The van der Waals surface area contributed by atoms with Crippen LogP contribution in [-0.4, -0.2) is 43.5 Å². The molecular formula is C23H28N2O4. The highest BCUT2D eigenvalue weighted by Crippen LogP contribution is 2.28. The van der Waals surface area contributed by atoms with Gasteiger partial charge in [0.25, 0.3) is 11.8 Å². The summed E-state index contributed by atoms with van der Waals surface area (Å²) < 4.78 is 10.9. The van der Waals surface area contributed by atoms with E-state index in [0.717, 1.165) is 12.0 Å². The van der Waals surface area contributed by atoms with Gasteiger partial charge in [0, 0.05) is 24.3 Å². The zero-order valence-electron chi connectivity index (χ0n) is 17.2. The lowest BCUT2D eigenvalue weighted by Crippen LogP contribution is -2.30. The third-order valence-corrected chi connectivity index (χ3v) is 4.43. The summed E-state index contributed by atoms with van der Waals surface area (Å²) in [6.45, 7) is 8.76. The molecule has 0 spiro atoms. The van der Waals surface area contributed by atoms with E-state index < -0.39 is 0 Å². The molecule has 0 radical (unpaired) electrons. The average Bonchev–Trinajstić information content (AvgIpc) is 2.74. The van der Waals surface area contributed by atoms with Crippen molar-refractivity contribution in [3.05, 3.63) is 66.2 Å². The fraction of sp³-hybridized carbons (Fsp3) is 0.304. The number of nitrogens with zero attached hydrogens (tertiary/aromatic N) is 1. The Morgan fingerprint density at radius 3 is 2.34 bits per heavy atom. The molecule has 2 amide bonds. The molecule has 2 aromatic rings. The number of hydrogen-bond acceptors (Lipinski definition) is 4. The monoisotopic (exact) mass is 396 g/mol. The van der Waals surface area contributed by atoms with Gasteiger partial charge in [-0.25, -0.2) is 0 Å². The molecule has 154 valence electrons. The minimum atomic E-state index is -0.301. The van der Waals surface area contributed by atoms with Crippen molar-refractivity contribution in [1.82, 2.24) is 4.90 Å². The van der Waals surface area contributed by atoms with Crippen LogP contribution in [0.1, 0.15) is 29.8 Å². The van der Waals surface area contributed by atoms with Gasteiger partial charge in [-0.3, -0.25) is 9.59 Å². The van der Waals surface area contributed by atoms with Crippen LogP contribution in [0.3, 0.4) is 0 Å². The van der Waals surface area contributed by atoms with Crippen LogP contribution in [0.5, 0.6) is 11.5 Å². The summed E-state index contributed by atoms with van der Waals surface area (Å²) in [6.07, 6.45) is 2.54. The predicted octanol–water partition coefficient (Wildman–Crippen LogP) is 3.92. The second-order valence-corrected chi connectivity index (χ2v) is 6.37. The van der Waals surface area contributed by atoms with Crippen LogP contribution in [0.2, 0.25) is 0 Å².